The number of piperidine rings is 1. The zero-order valence-corrected chi connectivity index (χ0v) is 15.5. The number of fused-ring (bicyclic) bond motifs is 1. The standard InChI is InChI=1S/C21H15FN2O6/c22-14-7-3-6-13-17(14)20(28)24(18(13)26)15-8-9-16(25)23(19(15)27)10-11-4-1-2-5-12(11)21(29)30/h1-7,15H,8-10H2,(H,29,30). The van der Waals surface area contributed by atoms with Crippen molar-refractivity contribution in [1.82, 2.24) is 9.80 Å². The number of imide groups is 2. The third-order valence-electron chi connectivity index (χ3n) is 5.27. The molecule has 4 rings (SSSR count). The summed E-state index contributed by atoms with van der Waals surface area (Å²) in [6, 6.07) is 8.29. The van der Waals surface area contributed by atoms with E-state index in [-0.39, 0.29) is 36.1 Å². The Labute approximate surface area is 169 Å². The normalized spacial score (nSPS) is 18.8. The van der Waals surface area contributed by atoms with Gasteiger partial charge in [0.1, 0.15) is 11.9 Å². The Bertz CT molecular complexity index is 1130. The molecule has 30 heavy (non-hydrogen) atoms. The summed E-state index contributed by atoms with van der Waals surface area (Å²) in [5, 5.41) is 9.33. The van der Waals surface area contributed by atoms with Crippen LogP contribution in [-0.4, -0.2) is 50.5 Å². The van der Waals surface area contributed by atoms with Gasteiger partial charge in [-0.25, -0.2) is 9.18 Å². The van der Waals surface area contributed by atoms with Crippen molar-refractivity contribution in [2.75, 3.05) is 0 Å². The monoisotopic (exact) mass is 410 g/mol. The number of carboxylic acid groups (broad SMARTS) is 1. The molecular formula is C21H15FN2O6. The second-order valence-corrected chi connectivity index (χ2v) is 6.98. The first-order chi connectivity index (χ1) is 14.3. The lowest BCUT2D eigenvalue weighted by atomic mass is 10.00. The van der Waals surface area contributed by atoms with Crippen LogP contribution in [0, 0.1) is 5.82 Å². The van der Waals surface area contributed by atoms with Crippen molar-refractivity contribution in [1.29, 1.82) is 0 Å². The van der Waals surface area contributed by atoms with E-state index in [1.807, 2.05) is 0 Å². The largest absolute Gasteiger partial charge is 0.478 e. The SMILES string of the molecule is O=C(O)c1ccccc1CN1C(=O)CCC(N2C(=O)c3cccc(F)c3C2=O)C1=O. The maximum atomic E-state index is 14.1. The summed E-state index contributed by atoms with van der Waals surface area (Å²) in [5.41, 5.74) is -0.355. The van der Waals surface area contributed by atoms with Crippen molar-refractivity contribution in [3.8, 4) is 0 Å². The molecule has 8 nitrogen and oxygen atoms in total. The van der Waals surface area contributed by atoms with Crippen LogP contribution in [0.4, 0.5) is 4.39 Å². The van der Waals surface area contributed by atoms with Gasteiger partial charge in [-0.2, -0.15) is 0 Å². The van der Waals surface area contributed by atoms with Gasteiger partial charge in [0.15, 0.2) is 0 Å². The highest BCUT2D eigenvalue weighted by Crippen LogP contribution is 2.31. The molecule has 2 aliphatic heterocycles. The molecule has 152 valence electrons. The number of amides is 4. The smallest absolute Gasteiger partial charge is 0.336 e. The molecule has 0 spiro atoms. The average molecular weight is 410 g/mol. The van der Waals surface area contributed by atoms with Crippen LogP contribution in [0.5, 0.6) is 0 Å². The van der Waals surface area contributed by atoms with Gasteiger partial charge in [0.25, 0.3) is 17.7 Å². The second kappa shape index (κ2) is 7.18. The fraction of sp³-hybridized carbons (Fsp3) is 0.190. The van der Waals surface area contributed by atoms with Crippen LogP contribution in [0.25, 0.3) is 0 Å². The van der Waals surface area contributed by atoms with E-state index in [9.17, 15) is 33.5 Å². The van der Waals surface area contributed by atoms with Gasteiger partial charge >= 0.3 is 5.97 Å². The van der Waals surface area contributed by atoms with Gasteiger partial charge in [-0.1, -0.05) is 24.3 Å². The topological polar surface area (TPSA) is 112 Å². The number of likely N-dealkylation sites (tertiary alicyclic amines) is 1. The fourth-order valence-corrected chi connectivity index (χ4v) is 3.81. The minimum Gasteiger partial charge on any atom is -0.478 e. The molecular weight excluding hydrogens is 395 g/mol. The number of carbonyl (C=O) groups excluding carboxylic acids is 4. The number of rotatable bonds is 4. The van der Waals surface area contributed by atoms with Gasteiger partial charge in [-0.05, 0) is 30.2 Å². The zero-order valence-electron chi connectivity index (χ0n) is 15.5. The summed E-state index contributed by atoms with van der Waals surface area (Å²) >= 11 is 0. The Morgan fingerprint density at radius 2 is 1.77 bits per heavy atom. The van der Waals surface area contributed by atoms with E-state index in [0.29, 0.717) is 4.90 Å². The van der Waals surface area contributed by atoms with Crippen LogP contribution in [0.1, 0.15) is 49.5 Å². The summed E-state index contributed by atoms with van der Waals surface area (Å²) in [6.07, 6.45) is -0.205. The summed E-state index contributed by atoms with van der Waals surface area (Å²) < 4.78 is 14.1. The molecule has 0 radical (unpaired) electrons. The molecule has 0 bridgehead atoms. The molecule has 2 heterocycles. The van der Waals surface area contributed by atoms with Crippen LogP contribution in [-0.2, 0) is 16.1 Å². The molecule has 2 aliphatic rings. The summed E-state index contributed by atoms with van der Waals surface area (Å²) in [6.45, 7) is -0.311. The van der Waals surface area contributed by atoms with E-state index in [1.54, 1.807) is 6.07 Å². The number of benzene rings is 2. The number of nitrogens with zero attached hydrogens (tertiary/aromatic N) is 2. The molecule has 1 saturated heterocycles. The maximum Gasteiger partial charge on any atom is 0.336 e. The predicted molar refractivity (Wildman–Crippen MR) is 98.9 cm³/mol. The number of hydrogen-bond acceptors (Lipinski definition) is 5. The Kier molecular flexibility index (Phi) is 4.65. The minimum atomic E-state index is -1.27. The Morgan fingerprint density at radius 1 is 1.03 bits per heavy atom. The van der Waals surface area contributed by atoms with E-state index in [1.165, 1.54) is 30.3 Å². The van der Waals surface area contributed by atoms with Gasteiger partial charge < -0.3 is 5.11 Å². The number of hydrogen-bond donors (Lipinski definition) is 1. The number of carbonyl (C=O) groups is 5. The molecule has 1 fully saturated rings. The van der Waals surface area contributed by atoms with Gasteiger partial charge in [-0.15, -0.1) is 0 Å². The van der Waals surface area contributed by atoms with Crippen molar-refractivity contribution < 1.29 is 33.5 Å². The van der Waals surface area contributed by atoms with Gasteiger partial charge in [0.05, 0.1) is 23.2 Å². The summed E-state index contributed by atoms with van der Waals surface area (Å²) in [4.78, 5) is 63.8. The van der Waals surface area contributed by atoms with Crippen molar-refractivity contribution in [2.45, 2.75) is 25.4 Å². The van der Waals surface area contributed by atoms with E-state index >= 15 is 0 Å². The van der Waals surface area contributed by atoms with E-state index in [0.717, 1.165) is 11.0 Å². The Morgan fingerprint density at radius 3 is 2.47 bits per heavy atom. The van der Waals surface area contributed by atoms with Gasteiger partial charge in [-0.3, -0.25) is 29.0 Å². The highest BCUT2D eigenvalue weighted by molar-refractivity contribution is 6.23. The molecule has 1 unspecified atom stereocenters. The minimum absolute atomic E-state index is 0.0666. The summed E-state index contributed by atoms with van der Waals surface area (Å²) in [7, 11) is 0. The molecule has 0 aromatic heterocycles. The first-order valence-corrected chi connectivity index (χ1v) is 9.13. The predicted octanol–water partition coefficient (Wildman–Crippen LogP) is 1.84. The van der Waals surface area contributed by atoms with Gasteiger partial charge in [0, 0.05) is 6.42 Å². The second-order valence-electron chi connectivity index (χ2n) is 6.98. The quantitative estimate of drug-likeness (QED) is 0.770. The molecule has 9 heteroatoms. The van der Waals surface area contributed by atoms with Crippen LogP contribution >= 0.6 is 0 Å². The highest BCUT2D eigenvalue weighted by atomic mass is 19.1. The van der Waals surface area contributed by atoms with E-state index < -0.39 is 47.0 Å². The molecule has 1 atom stereocenters. The van der Waals surface area contributed by atoms with Crippen LogP contribution < -0.4 is 0 Å². The molecule has 1 N–H and O–H groups in total. The van der Waals surface area contributed by atoms with Crippen LogP contribution in [0.15, 0.2) is 42.5 Å². The Hall–Kier alpha value is -3.88. The first-order valence-electron chi connectivity index (χ1n) is 9.13. The van der Waals surface area contributed by atoms with Gasteiger partial charge in [0.2, 0.25) is 5.91 Å². The zero-order chi connectivity index (χ0) is 21.6. The lowest BCUT2D eigenvalue weighted by molar-refractivity contribution is -0.152. The van der Waals surface area contributed by atoms with Crippen LogP contribution in [0.2, 0.25) is 0 Å². The molecule has 0 saturated carbocycles. The maximum absolute atomic E-state index is 14.1. The molecule has 0 aliphatic carbocycles. The summed E-state index contributed by atoms with van der Waals surface area (Å²) in [5.74, 6) is -5.14. The van der Waals surface area contributed by atoms with Crippen molar-refractivity contribution in [3.05, 3.63) is 70.5 Å². The lowest BCUT2D eigenvalue weighted by Gasteiger charge is -2.34. The number of halogens is 1. The number of aromatic carboxylic acids is 1. The van der Waals surface area contributed by atoms with E-state index in [4.69, 9.17) is 0 Å². The van der Waals surface area contributed by atoms with E-state index in [2.05, 4.69) is 0 Å². The van der Waals surface area contributed by atoms with Crippen molar-refractivity contribution in [3.63, 3.8) is 0 Å². The molecule has 4 amide bonds. The number of carboxylic acids is 1. The van der Waals surface area contributed by atoms with Crippen molar-refractivity contribution >= 4 is 29.6 Å². The molecule has 2 aromatic carbocycles. The Balaban J connectivity index is 1.65. The highest BCUT2D eigenvalue weighted by Gasteiger charge is 2.48. The molecule has 2 aromatic rings. The fourth-order valence-electron chi connectivity index (χ4n) is 3.81. The van der Waals surface area contributed by atoms with Crippen LogP contribution in [0.3, 0.4) is 0 Å². The third kappa shape index (κ3) is 2.95. The van der Waals surface area contributed by atoms with Crippen molar-refractivity contribution in [2.24, 2.45) is 0 Å². The third-order valence-corrected chi connectivity index (χ3v) is 5.27. The first kappa shape index (κ1) is 19.4. The lowest BCUT2D eigenvalue weighted by Crippen LogP contribution is -2.55. The average Bonchev–Trinajstić information content (AvgIpc) is 2.97.